The first-order valence-electron chi connectivity index (χ1n) is 7.59. The topological polar surface area (TPSA) is 84.9 Å². The average Bonchev–Trinajstić information content (AvgIpc) is 2.88. The van der Waals surface area contributed by atoms with Gasteiger partial charge in [-0.2, -0.15) is 0 Å². The van der Waals surface area contributed by atoms with Crippen molar-refractivity contribution < 1.29 is 4.90 Å². The number of fused-ring (bicyclic) bond motifs is 3. The average molecular weight is 317 g/mol. The second kappa shape index (κ2) is 6.50. The smallest absolute Gasteiger partial charge is 0.211 e. The molecule has 0 spiro atoms. The van der Waals surface area contributed by atoms with Gasteiger partial charge in [0.25, 0.3) is 0 Å². The summed E-state index contributed by atoms with van der Waals surface area (Å²) in [5.74, 6) is 0.997. The van der Waals surface area contributed by atoms with Crippen LogP contribution in [0.5, 0.6) is 0 Å². The highest BCUT2D eigenvalue weighted by atomic mass is 32.2. The highest BCUT2D eigenvalue weighted by Crippen LogP contribution is 2.25. The lowest BCUT2D eigenvalue weighted by molar-refractivity contribution is -0.893. The number of hydrogen-bond acceptors (Lipinski definition) is 5. The number of quaternary nitrogens is 1. The molecule has 3 aromatic rings. The number of nitrogen functional groups attached to an aromatic ring is 1. The van der Waals surface area contributed by atoms with Crippen LogP contribution >= 0.6 is 11.8 Å². The predicted molar refractivity (Wildman–Crippen MR) is 91.2 cm³/mol. The SMILES string of the molecule is CC[NH+](CC)CCSc1nnc2c(n1)[nH]c1ccc(N)cc12. The summed E-state index contributed by atoms with van der Waals surface area (Å²) in [5, 5.41) is 10.3. The molecular weight excluding hydrogens is 296 g/mol. The van der Waals surface area contributed by atoms with Crippen LogP contribution < -0.4 is 10.6 Å². The number of aromatic nitrogens is 4. The first-order chi connectivity index (χ1) is 10.7. The fraction of sp³-hybridized carbons (Fsp3) is 0.400. The molecule has 0 saturated carbocycles. The molecule has 0 atom stereocenters. The third-order valence-corrected chi connectivity index (χ3v) is 4.75. The molecule has 4 N–H and O–H groups in total. The second-order valence-corrected chi connectivity index (χ2v) is 6.34. The number of H-pyrrole nitrogens is 1. The van der Waals surface area contributed by atoms with Gasteiger partial charge in [-0.05, 0) is 32.0 Å². The molecule has 0 aliphatic rings. The fourth-order valence-electron chi connectivity index (χ4n) is 2.53. The quantitative estimate of drug-likeness (QED) is 0.468. The van der Waals surface area contributed by atoms with Gasteiger partial charge in [0, 0.05) is 16.6 Å². The van der Waals surface area contributed by atoms with Gasteiger partial charge in [0.15, 0.2) is 5.65 Å². The summed E-state index contributed by atoms with van der Waals surface area (Å²) in [5.41, 5.74) is 9.09. The van der Waals surface area contributed by atoms with E-state index < -0.39 is 0 Å². The molecule has 0 radical (unpaired) electrons. The van der Waals surface area contributed by atoms with Crippen LogP contribution in [0.15, 0.2) is 23.4 Å². The molecule has 0 fully saturated rings. The lowest BCUT2D eigenvalue weighted by atomic mass is 10.2. The number of anilines is 1. The molecule has 2 heterocycles. The number of nitrogens with zero attached hydrogens (tertiary/aromatic N) is 3. The first kappa shape index (κ1) is 15.1. The van der Waals surface area contributed by atoms with E-state index in [1.165, 1.54) is 0 Å². The molecular formula is C15H21N6S+. The van der Waals surface area contributed by atoms with Gasteiger partial charge < -0.3 is 15.6 Å². The summed E-state index contributed by atoms with van der Waals surface area (Å²) in [6, 6.07) is 5.72. The molecule has 0 saturated heterocycles. The van der Waals surface area contributed by atoms with Crippen LogP contribution in [0.3, 0.4) is 0 Å². The summed E-state index contributed by atoms with van der Waals surface area (Å²) in [6.07, 6.45) is 0. The van der Waals surface area contributed by atoms with E-state index in [0.29, 0.717) is 0 Å². The van der Waals surface area contributed by atoms with Crippen LogP contribution in [0.2, 0.25) is 0 Å². The molecule has 1 aromatic carbocycles. The Labute approximate surface area is 133 Å². The van der Waals surface area contributed by atoms with Crippen molar-refractivity contribution in [3.8, 4) is 0 Å². The fourth-order valence-corrected chi connectivity index (χ4v) is 3.35. The van der Waals surface area contributed by atoms with E-state index in [1.807, 2.05) is 18.2 Å². The Hall–Kier alpha value is -1.86. The summed E-state index contributed by atoms with van der Waals surface area (Å²) >= 11 is 1.66. The van der Waals surface area contributed by atoms with Crippen molar-refractivity contribution in [2.24, 2.45) is 0 Å². The molecule has 0 amide bonds. The Morgan fingerprint density at radius 1 is 1.23 bits per heavy atom. The van der Waals surface area contributed by atoms with Crippen molar-refractivity contribution in [2.75, 3.05) is 31.1 Å². The summed E-state index contributed by atoms with van der Waals surface area (Å²) in [7, 11) is 0. The Bertz CT molecular complexity index is 780. The van der Waals surface area contributed by atoms with Crippen LogP contribution in [0.25, 0.3) is 22.1 Å². The van der Waals surface area contributed by atoms with Gasteiger partial charge >= 0.3 is 0 Å². The maximum atomic E-state index is 5.84. The standard InChI is InChI=1S/C15H20N6S/c1-3-21(4-2)7-8-22-15-18-14-13(19-20-15)11-9-10(16)5-6-12(11)17-14/h5-6,9H,3-4,7-8,16H2,1-2H3,(H,17,18,20)/p+1. The van der Waals surface area contributed by atoms with E-state index in [9.17, 15) is 0 Å². The molecule has 0 aliphatic carbocycles. The van der Waals surface area contributed by atoms with Crippen molar-refractivity contribution in [1.82, 2.24) is 20.2 Å². The monoisotopic (exact) mass is 317 g/mol. The number of aromatic amines is 1. The Morgan fingerprint density at radius 3 is 2.82 bits per heavy atom. The molecule has 0 bridgehead atoms. The van der Waals surface area contributed by atoms with Crippen molar-refractivity contribution in [3.05, 3.63) is 18.2 Å². The van der Waals surface area contributed by atoms with Gasteiger partial charge in [0.1, 0.15) is 5.52 Å². The largest absolute Gasteiger partial charge is 0.399 e. The molecule has 0 aliphatic heterocycles. The summed E-state index contributed by atoms with van der Waals surface area (Å²) in [6.45, 7) is 7.84. The highest BCUT2D eigenvalue weighted by molar-refractivity contribution is 7.99. The number of nitrogens with one attached hydrogen (secondary N) is 2. The molecule has 22 heavy (non-hydrogen) atoms. The van der Waals surface area contributed by atoms with Gasteiger partial charge in [-0.15, -0.1) is 10.2 Å². The Kier molecular flexibility index (Phi) is 4.44. The normalized spacial score (nSPS) is 11.8. The lowest BCUT2D eigenvalue weighted by Crippen LogP contribution is -3.11. The minimum Gasteiger partial charge on any atom is -0.399 e. The molecule has 116 valence electrons. The second-order valence-electron chi connectivity index (χ2n) is 5.28. The van der Waals surface area contributed by atoms with E-state index in [4.69, 9.17) is 5.73 Å². The van der Waals surface area contributed by atoms with Gasteiger partial charge in [-0.3, -0.25) is 0 Å². The molecule has 3 rings (SSSR count). The number of thioether (sulfide) groups is 1. The number of rotatable bonds is 6. The van der Waals surface area contributed by atoms with Crippen LogP contribution in [-0.4, -0.2) is 45.6 Å². The lowest BCUT2D eigenvalue weighted by Gasteiger charge is -2.14. The summed E-state index contributed by atoms with van der Waals surface area (Å²) < 4.78 is 0. The van der Waals surface area contributed by atoms with E-state index in [-0.39, 0.29) is 0 Å². The third kappa shape index (κ3) is 3.00. The first-order valence-corrected chi connectivity index (χ1v) is 8.57. The summed E-state index contributed by atoms with van der Waals surface area (Å²) in [4.78, 5) is 9.44. The minimum absolute atomic E-state index is 0.718. The van der Waals surface area contributed by atoms with Crippen LogP contribution in [0.1, 0.15) is 13.8 Å². The van der Waals surface area contributed by atoms with Gasteiger partial charge in [-0.1, -0.05) is 11.8 Å². The van der Waals surface area contributed by atoms with E-state index >= 15 is 0 Å². The molecule has 2 aromatic heterocycles. The molecule has 0 unspecified atom stereocenters. The highest BCUT2D eigenvalue weighted by Gasteiger charge is 2.10. The molecule has 7 heteroatoms. The Morgan fingerprint density at radius 2 is 2.05 bits per heavy atom. The van der Waals surface area contributed by atoms with Gasteiger partial charge in [-0.25, -0.2) is 4.98 Å². The maximum absolute atomic E-state index is 5.84. The molecule has 6 nitrogen and oxygen atoms in total. The van der Waals surface area contributed by atoms with Crippen LogP contribution in [0, 0.1) is 0 Å². The number of nitrogens with two attached hydrogens (primary N) is 1. The third-order valence-electron chi connectivity index (χ3n) is 3.91. The van der Waals surface area contributed by atoms with E-state index in [1.54, 1.807) is 16.7 Å². The Balaban J connectivity index is 1.80. The predicted octanol–water partition coefficient (Wildman–Crippen LogP) is 1.11. The maximum Gasteiger partial charge on any atom is 0.211 e. The van der Waals surface area contributed by atoms with Crippen LogP contribution in [-0.2, 0) is 0 Å². The van der Waals surface area contributed by atoms with Gasteiger partial charge in [0.2, 0.25) is 5.16 Å². The minimum atomic E-state index is 0.718. The van der Waals surface area contributed by atoms with Gasteiger partial charge in [0.05, 0.1) is 25.4 Å². The van der Waals surface area contributed by atoms with Crippen molar-refractivity contribution in [2.45, 2.75) is 19.0 Å². The zero-order valence-corrected chi connectivity index (χ0v) is 13.7. The zero-order chi connectivity index (χ0) is 15.5. The number of hydrogen-bond donors (Lipinski definition) is 3. The number of benzene rings is 1. The zero-order valence-electron chi connectivity index (χ0n) is 12.9. The van der Waals surface area contributed by atoms with E-state index in [2.05, 4.69) is 34.0 Å². The van der Waals surface area contributed by atoms with Crippen molar-refractivity contribution >= 4 is 39.5 Å². The van der Waals surface area contributed by atoms with Crippen molar-refractivity contribution in [3.63, 3.8) is 0 Å². The van der Waals surface area contributed by atoms with Crippen LogP contribution in [0.4, 0.5) is 5.69 Å². The van der Waals surface area contributed by atoms with E-state index in [0.717, 1.165) is 58.3 Å². The van der Waals surface area contributed by atoms with Crippen molar-refractivity contribution in [1.29, 1.82) is 0 Å².